The molecule has 1 N–H and O–H groups in total. The van der Waals surface area contributed by atoms with Crippen LogP contribution in [0.15, 0.2) is 64.9 Å². The van der Waals surface area contributed by atoms with Gasteiger partial charge in [-0.2, -0.15) is 0 Å². The smallest absolute Gasteiger partial charge is 0.410 e. The summed E-state index contributed by atoms with van der Waals surface area (Å²) in [7, 11) is -1.58. The van der Waals surface area contributed by atoms with Crippen molar-refractivity contribution in [1.29, 1.82) is 0 Å². The number of ether oxygens (including phenoxy) is 3. The number of esters is 2. The Labute approximate surface area is 222 Å². The van der Waals surface area contributed by atoms with Gasteiger partial charge in [-0.15, -0.1) is 0 Å². The first kappa shape index (κ1) is 28.9. The highest BCUT2D eigenvalue weighted by molar-refractivity contribution is 7.89. The molecule has 11 nitrogen and oxygen atoms in total. The van der Waals surface area contributed by atoms with Gasteiger partial charge in [0.25, 0.3) is 0 Å². The maximum atomic E-state index is 13.3. The number of amides is 1. The van der Waals surface area contributed by atoms with Crippen molar-refractivity contribution >= 4 is 33.7 Å². The Balaban J connectivity index is 1.81. The number of sulfonamides is 1. The van der Waals surface area contributed by atoms with Crippen LogP contribution in [-0.4, -0.2) is 70.3 Å². The van der Waals surface area contributed by atoms with Crippen molar-refractivity contribution < 1.29 is 37.0 Å². The van der Waals surface area contributed by atoms with Crippen LogP contribution in [0.25, 0.3) is 0 Å². The van der Waals surface area contributed by atoms with E-state index in [0.717, 1.165) is 0 Å². The lowest BCUT2D eigenvalue weighted by Crippen LogP contribution is -2.47. The third-order valence-electron chi connectivity index (χ3n) is 5.76. The molecule has 1 amide bonds. The molecule has 12 heteroatoms. The van der Waals surface area contributed by atoms with Crippen LogP contribution in [0.2, 0.25) is 0 Å². The second-order valence-corrected chi connectivity index (χ2v) is 11.4. The van der Waals surface area contributed by atoms with Crippen LogP contribution in [0.1, 0.15) is 33.6 Å². The highest BCUT2D eigenvalue weighted by Crippen LogP contribution is 2.28. The molecule has 0 saturated carbocycles. The molecule has 0 aliphatic carbocycles. The highest BCUT2D eigenvalue weighted by atomic mass is 32.2. The zero-order chi connectivity index (χ0) is 28.1. The van der Waals surface area contributed by atoms with Gasteiger partial charge in [0.2, 0.25) is 10.0 Å². The Morgan fingerprint density at radius 3 is 2.26 bits per heavy atom. The molecule has 0 atom stereocenters. The van der Waals surface area contributed by atoms with Crippen LogP contribution in [-0.2, 0) is 33.8 Å². The number of carbonyl (C=O) groups excluding carboxylic acids is 3. The average molecular weight is 548 g/mol. The summed E-state index contributed by atoms with van der Waals surface area (Å²) in [6.45, 7) is 6.09. The molecule has 3 rings (SSSR count). The van der Waals surface area contributed by atoms with E-state index < -0.39 is 33.7 Å². The Morgan fingerprint density at radius 2 is 1.66 bits per heavy atom. The van der Waals surface area contributed by atoms with Gasteiger partial charge in [0.1, 0.15) is 11.3 Å². The summed E-state index contributed by atoms with van der Waals surface area (Å²) >= 11 is 0. The van der Waals surface area contributed by atoms with Gasteiger partial charge in [0.05, 0.1) is 24.7 Å². The molecule has 0 radical (unpaired) electrons. The van der Waals surface area contributed by atoms with Crippen molar-refractivity contribution in [3.8, 4) is 0 Å². The number of piperidine rings is 1. The molecule has 0 unspecified atom stereocenters. The SMILES string of the molecule is COC(=O)C1=C(C(=O)OC)N(c2cccc(S(=O)(=O)NC3CCN(C(=O)OC(C)(C)C)CC3)c2)C=CC=C1. The molecule has 2 aliphatic rings. The summed E-state index contributed by atoms with van der Waals surface area (Å²) in [6.07, 6.45) is 6.52. The van der Waals surface area contributed by atoms with Gasteiger partial charge in [0, 0.05) is 31.0 Å². The first-order valence-electron chi connectivity index (χ1n) is 12.0. The molecule has 0 aromatic heterocycles. The molecule has 2 heterocycles. The fraction of sp³-hybridized carbons (Fsp3) is 0.423. The van der Waals surface area contributed by atoms with Crippen molar-refractivity contribution in [3.63, 3.8) is 0 Å². The van der Waals surface area contributed by atoms with Crippen molar-refractivity contribution in [2.24, 2.45) is 0 Å². The number of methoxy groups -OCH3 is 2. The number of hydrogen-bond donors (Lipinski definition) is 1. The molecular weight excluding hydrogens is 514 g/mol. The predicted octanol–water partition coefficient (Wildman–Crippen LogP) is 2.85. The number of nitrogens with zero attached hydrogens (tertiary/aromatic N) is 2. The molecule has 38 heavy (non-hydrogen) atoms. The van der Waals surface area contributed by atoms with Crippen LogP contribution >= 0.6 is 0 Å². The lowest BCUT2D eigenvalue weighted by Gasteiger charge is -2.33. The maximum absolute atomic E-state index is 13.3. The normalized spacial score (nSPS) is 16.8. The van der Waals surface area contributed by atoms with Crippen molar-refractivity contribution in [2.75, 3.05) is 32.2 Å². The number of allylic oxidation sites excluding steroid dienone is 2. The Bertz CT molecular complexity index is 1270. The first-order chi connectivity index (χ1) is 17.9. The molecule has 1 aromatic rings. The Morgan fingerprint density at radius 1 is 1.00 bits per heavy atom. The molecule has 206 valence electrons. The number of hydrogen-bond acceptors (Lipinski definition) is 9. The largest absolute Gasteiger partial charge is 0.465 e. The molecule has 1 aromatic carbocycles. The summed E-state index contributed by atoms with van der Waals surface area (Å²) in [5.74, 6) is -1.55. The van der Waals surface area contributed by atoms with Gasteiger partial charge in [-0.05, 0) is 64.0 Å². The number of benzene rings is 1. The van der Waals surface area contributed by atoms with Crippen molar-refractivity contribution in [3.05, 3.63) is 60.0 Å². The lowest BCUT2D eigenvalue weighted by atomic mass is 10.1. The Kier molecular flexibility index (Phi) is 9.00. The number of carbonyl (C=O) groups is 3. The van der Waals surface area contributed by atoms with E-state index in [2.05, 4.69) is 4.72 Å². The van der Waals surface area contributed by atoms with Crippen molar-refractivity contribution in [2.45, 2.75) is 50.2 Å². The first-order valence-corrected chi connectivity index (χ1v) is 13.5. The molecule has 1 fully saturated rings. The second-order valence-electron chi connectivity index (χ2n) is 9.68. The van der Waals surface area contributed by atoms with E-state index in [1.165, 1.54) is 49.6 Å². The summed E-state index contributed by atoms with van der Waals surface area (Å²) in [4.78, 5) is 40.3. The summed E-state index contributed by atoms with van der Waals surface area (Å²) in [6, 6.07) is 5.59. The topological polar surface area (TPSA) is 132 Å². The third kappa shape index (κ3) is 7.01. The standard InChI is InChI=1S/C26H33N3O8S/c1-26(2,3)37-25(32)28-15-12-18(13-16-28)27-38(33,34)20-10-8-9-19(17-20)29-14-7-6-11-21(23(30)35-4)22(29)24(31)36-5/h6-11,14,17-18,27H,12-13,15-16H2,1-5H3. The van der Waals surface area contributed by atoms with Crippen LogP contribution < -0.4 is 9.62 Å². The van der Waals surface area contributed by atoms with Gasteiger partial charge in [-0.3, -0.25) is 0 Å². The van der Waals surface area contributed by atoms with E-state index in [-0.39, 0.29) is 22.2 Å². The van der Waals surface area contributed by atoms with Gasteiger partial charge in [-0.25, -0.2) is 27.5 Å². The second kappa shape index (κ2) is 11.8. The quantitative estimate of drug-likeness (QED) is 0.422. The number of anilines is 1. The number of likely N-dealkylation sites (tertiary alicyclic amines) is 1. The molecular formula is C26H33N3O8S. The van der Waals surface area contributed by atoms with E-state index in [0.29, 0.717) is 31.6 Å². The monoisotopic (exact) mass is 547 g/mol. The van der Waals surface area contributed by atoms with Gasteiger partial charge >= 0.3 is 18.0 Å². The zero-order valence-corrected chi connectivity index (χ0v) is 22.9. The molecule has 1 saturated heterocycles. The maximum Gasteiger partial charge on any atom is 0.410 e. The third-order valence-corrected chi connectivity index (χ3v) is 7.28. The van der Waals surface area contributed by atoms with E-state index in [1.54, 1.807) is 43.9 Å². The summed E-state index contributed by atoms with van der Waals surface area (Å²) in [5, 5.41) is 0. The van der Waals surface area contributed by atoms with E-state index >= 15 is 0 Å². The fourth-order valence-electron chi connectivity index (χ4n) is 3.96. The summed E-state index contributed by atoms with van der Waals surface area (Å²) in [5.41, 5.74) is -0.470. The van der Waals surface area contributed by atoms with Crippen LogP contribution in [0, 0.1) is 0 Å². The minimum absolute atomic E-state index is 0.0287. The van der Waals surface area contributed by atoms with Crippen molar-refractivity contribution in [1.82, 2.24) is 9.62 Å². The van der Waals surface area contributed by atoms with Gasteiger partial charge < -0.3 is 24.0 Å². The van der Waals surface area contributed by atoms with Crippen LogP contribution in [0.3, 0.4) is 0 Å². The van der Waals surface area contributed by atoms with Gasteiger partial charge in [0.15, 0.2) is 0 Å². The predicted molar refractivity (Wildman–Crippen MR) is 139 cm³/mol. The zero-order valence-electron chi connectivity index (χ0n) is 22.1. The van der Waals surface area contributed by atoms with Gasteiger partial charge in [-0.1, -0.05) is 12.1 Å². The average Bonchev–Trinajstić information content (AvgIpc) is 3.10. The molecule has 2 aliphatic heterocycles. The molecule has 0 spiro atoms. The lowest BCUT2D eigenvalue weighted by molar-refractivity contribution is -0.139. The minimum atomic E-state index is -3.95. The van der Waals surface area contributed by atoms with E-state index in [1.807, 2.05) is 0 Å². The van der Waals surface area contributed by atoms with E-state index in [4.69, 9.17) is 14.2 Å². The fourth-order valence-corrected chi connectivity index (χ4v) is 5.30. The summed E-state index contributed by atoms with van der Waals surface area (Å²) < 4.78 is 44.3. The van der Waals surface area contributed by atoms with Crippen LogP contribution in [0.4, 0.5) is 10.5 Å². The van der Waals surface area contributed by atoms with Crippen LogP contribution in [0.5, 0.6) is 0 Å². The minimum Gasteiger partial charge on any atom is -0.465 e. The van der Waals surface area contributed by atoms with E-state index in [9.17, 15) is 22.8 Å². The highest BCUT2D eigenvalue weighted by Gasteiger charge is 2.31. The Hall–Kier alpha value is -3.64. The number of nitrogens with one attached hydrogen (secondary N) is 1. The number of rotatable bonds is 6. The molecule has 0 bridgehead atoms.